The van der Waals surface area contributed by atoms with Crippen LogP contribution in [0, 0.1) is 5.92 Å². The molecule has 0 saturated carbocycles. The Balaban J connectivity index is 2.34. The van der Waals surface area contributed by atoms with Crippen LogP contribution >= 0.6 is 0 Å². The second-order valence-corrected chi connectivity index (χ2v) is 10.7. The van der Waals surface area contributed by atoms with E-state index in [-0.39, 0.29) is 6.10 Å². The van der Waals surface area contributed by atoms with E-state index in [4.69, 9.17) is 13.9 Å². The lowest BCUT2D eigenvalue weighted by Crippen LogP contribution is -2.33. The van der Waals surface area contributed by atoms with E-state index in [2.05, 4.69) is 33.5 Å². The van der Waals surface area contributed by atoms with Gasteiger partial charge in [-0.1, -0.05) is 13.8 Å². The lowest BCUT2D eigenvalue weighted by atomic mass is 10.0. The molecule has 0 spiro atoms. The zero-order valence-electron chi connectivity index (χ0n) is 11.5. The van der Waals surface area contributed by atoms with E-state index >= 15 is 0 Å². The minimum absolute atomic E-state index is 0.107. The van der Waals surface area contributed by atoms with Crippen molar-refractivity contribution < 1.29 is 13.9 Å². The maximum Gasteiger partial charge on any atom is 0.183 e. The molecule has 1 aliphatic rings. The Kier molecular flexibility index (Phi) is 4.57. The van der Waals surface area contributed by atoms with Crippen LogP contribution in [0.2, 0.25) is 19.6 Å². The van der Waals surface area contributed by atoms with E-state index in [9.17, 15) is 0 Å². The van der Waals surface area contributed by atoms with Crippen LogP contribution in [-0.2, 0) is 13.9 Å². The maximum absolute atomic E-state index is 5.93. The van der Waals surface area contributed by atoms with Crippen molar-refractivity contribution in [3.63, 3.8) is 0 Å². The highest BCUT2D eigenvalue weighted by Crippen LogP contribution is 2.30. The molecule has 0 N–H and O–H groups in total. The summed E-state index contributed by atoms with van der Waals surface area (Å²) < 4.78 is 17.5. The smallest absolute Gasteiger partial charge is 0.183 e. The lowest BCUT2D eigenvalue weighted by Gasteiger charge is -2.26. The monoisotopic (exact) mass is 246 g/mol. The van der Waals surface area contributed by atoms with Crippen molar-refractivity contribution in [1.82, 2.24) is 0 Å². The number of ether oxygens (including phenoxy) is 2. The van der Waals surface area contributed by atoms with Crippen molar-refractivity contribution in [3.05, 3.63) is 0 Å². The zero-order chi connectivity index (χ0) is 12.4. The van der Waals surface area contributed by atoms with Crippen LogP contribution in [0.25, 0.3) is 0 Å². The van der Waals surface area contributed by atoms with Crippen molar-refractivity contribution in [1.29, 1.82) is 0 Å². The standard InChI is InChI=1S/C12H26O3Si/c1-10(2)7-12(3)13-8-11(15-12)9-14-16(4,5)6/h10-11H,7-9H2,1-6H3. The van der Waals surface area contributed by atoms with Gasteiger partial charge < -0.3 is 13.9 Å². The highest BCUT2D eigenvalue weighted by Gasteiger charge is 2.38. The summed E-state index contributed by atoms with van der Waals surface area (Å²) in [5.41, 5.74) is 0. The summed E-state index contributed by atoms with van der Waals surface area (Å²) in [6.45, 7) is 14.3. The van der Waals surface area contributed by atoms with Crippen LogP contribution in [0.15, 0.2) is 0 Å². The summed E-state index contributed by atoms with van der Waals surface area (Å²) in [6.07, 6.45) is 1.05. The summed E-state index contributed by atoms with van der Waals surface area (Å²) in [7, 11) is -1.44. The third-order valence-electron chi connectivity index (χ3n) is 2.47. The Bertz CT molecular complexity index is 225. The second-order valence-electron chi connectivity index (χ2n) is 6.21. The van der Waals surface area contributed by atoms with Crippen LogP contribution in [0.4, 0.5) is 0 Å². The van der Waals surface area contributed by atoms with Crippen molar-refractivity contribution in [2.75, 3.05) is 13.2 Å². The Morgan fingerprint density at radius 2 is 2.00 bits per heavy atom. The molecule has 2 atom stereocenters. The first-order chi connectivity index (χ1) is 7.20. The molecular formula is C12H26O3Si. The van der Waals surface area contributed by atoms with Gasteiger partial charge in [-0.05, 0) is 32.5 Å². The van der Waals surface area contributed by atoms with Gasteiger partial charge in [0.1, 0.15) is 6.10 Å². The second kappa shape index (κ2) is 5.17. The third-order valence-corrected chi connectivity index (χ3v) is 3.50. The van der Waals surface area contributed by atoms with Gasteiger partial charge in [-0.25, -0.2) is 0 Å². The van der Waals surface area contributed by atoms with Crippen molar-refractivity contribution in [2.24, 2.45) is 5.92 Å². The Morgan fingerprint density at radius 1 is 1.38 bits per heavy atom. The van der Waals surface area contributed by atoms with Crippen LogP contribution in [0.5, 0.6) is 0 Å². The van der Waals surface area contributed by atoms with Crippen LogP contribution in [0.1, 0.15) is 27.2 Å². The van der Waals surface area contributed by atoms with Crippen LogP contribution in [0.3, 0.4) is 0 Å². The van der Waals surface area contributed by atoms with E-state index in [1.807, 2.05) is 6.92 Å². The van der Waals surface area contributed by atoms with Gasteiger partial charge in [0.2, 0.25) is 0 Å². The van der Waals surface area contributed by atoms with Crippen molar-refractivity contribution >= 4 is 8.32 Å². The zero-order valence-corrected chi connectivity index (χ0v) is 12.5. The molecule has 96 valence electrons. The normalized spacial score (nSPS) is 31.3. The van der Waals surface area contributed by atoms with E-state index in [0.717, 1.165) is 6.42 Å². The van der Waals surface area contributed by atoms with E-state index in [1.165, 1.54) is 0 Å². The average molecular weight is 246 g/mol. The van der Waals surface area contributed by atoms with Gasteiger partial charge in [0.25, 0.3) is 0 Å². The minimum Gasteiger partial charge on any atom is -0.415 e. The summed E-state index contributed by atoms with van der Waals surface area (Å²) in [5, 5.41) is 0. The molecule has 0 aromatic rings. The Labute approximate surface area is 101 Å². The number of hydrogen-bond acceptors (Lipinski definition) is 3. The van der Waals surface area contributed by atoms with Crippen LogP contribution in [-0.4, -0.2) is 33.4 Å². The molecule has 1 saturated heterocycles. The minimum atomic E-state index is -1.44. The molecule has 0 bridgehead atoms. The predicted octanol–water partition coefficient (Wildman–Crippen LogP) is 3.02. The highest BCUT2D eigenvalue weighted by atomic mass is 28.4. The first kappa shape index (κ1) is 14.2. The summed E-state index contributed by atoms with van der Waals surface area (Å²) in [4.78, 5) is 0. The van der Waals surface area contributed by atoms with Crippen molar-refractivity contribution in [2.45, 2.75) is 58.7 Å². The summed E-state index contributed by atoms with van der Waals surface area (Å²) in [5.74, 6) is 0.184. The van der Waals surface area contributed by atoms with Gasteiger partial charge in [0, 0.05) is 6.42 Å². The molecule has 4 heteroatoms. The molecule has 1 heterocycles. The molecule has 3 nitrogen and oxygen atoms in total. The van der Waals surface area contributed by atoms with E-state index < -0.39 is 14.1 Å². The van der Waals surface area contributed by atoms with Gasteiger partial charge in [-0.3, -0.25) is 0 Å². The topological polar surface area (TPSA) is 27.7 Å². The SMILES string of the molecule is CC(C)CC1(C)OCC(CO[Si](C)(C)C)O1. The lowest BCUT2D eigenvalue weighted by molar-refractivity contribution is -0.167. The largest absolute Gasteiger partial charge is 0.415 e. The fourth-order valence-electron chi connectivity index (χ4n) is 1.96. The van der Waals surface area contributed by atoms with Gasteiger partial charge >= 0.3 is 0 Å². The molecule has 0 aromatic carbocycles. The fourth-order valence-corrected chi connectivity index (χ4v) is 2.65. The van der Waals surface area contributed by atoms with E-state index in [1.54, 1.807) is 0 Å². The first-order valence-corrected chi connectivity index (χ1v) is 9.57. The maximum atomic E-state index is 5.93. The molecule has 0 aliphatic carbocycles. The molecule has 0 amide bonds. The molecule has 16 heavy (non-hydrogen) atoms. The van der Waals surface area contributed by atoms with Crippen molar-refractivity contribution in [3.8, 4) is 0 Å². The van der Waals surface area contributed by atoms with E-state index in [0.29, 0.717) is 19.1 Å². The first-order valence-electron chi connectivity index (χ1n) is 6.16. The molecule has 1 aliphatic heterocycles. The van der Waals surface area contributed by atoms with Gasteiger partial charge in [-0.2, -0.15) is 0 Å². The molecular weight excluding hydrogens is 220 g/mol. The van der Waals surface area contributed by atoms with Gasteiger partial charge in [0.05, 0.1) is 13.2 Å². The van der Waals surface area contributed by atoms with Gasteiger partial charge in [-0.15, -0.1) is 0 Å². The fraction of sp³-hybridized carbons (Fsp3) is 1.00. The number of rotatable bonds is 5. The molecule has 0 radical (unpaired) electrons. The molecule has 1 rings (SSSR count). The van der Waals surface area contributed by atoms with Crippen LogP contribution < -0.4 is 0 Å². The number of hydrogen-bond donors (Lipinski definition) is 0. The molecule has 1 fully saturated rings. The Morgan fingerprint density at radius 3 is 2.50 bits per heavy atom. The summed E-state index contributed by atoms with van der Waals surface area (Å²) >= 11 is 0. The molecule has 2 unspecified atom stereocenters. The highest BCUT2D eigenvalue weighted by molar-refractivity contribution is 6.69. The predicted molar refractivity (Wildman–Crippen MR) is 68.0 cm³/mol. The Hall–Kier alpha value is 0.0969. The average Bonchev–Trinajstić information content (AvgIpc) is 2.41. The molecule has 0 aromatic heterocycles. The quantitative estimate of drug-likeness (QED) is 0.698. The third kappa shape index (κ3) is 4.95. The summed E-state index contributed by atoms with van der Waals surface area (Å²) in [6, 6.07) is 0. The van der Waals surface area contributed by atoms with Gasteiger partial charge in [0.15, 0.2) is 14.1 Å².